The lowest BCUT2D eigenvalue weighted by Crippen LogP contribution is -2.19. The second-order valence-corrected chi connectivity index (χ2v) is 4.86. The topological polar surface area (TPSA) is 30.5 Å². The molecule has 0 aliphatic carbocycles. The monoisotopic (exact) mass is 285 g/mol. The fraction of sp³-hybridized carbons (Fsp3) is 0.333. The van der Waals surface area contributed by atoms with Crippen molar-refractivity contribution in [3.63, 3.8) is 0 Å². The van der Waals surface area contributed by atoms with Crippen molar-refractivity contribution in [2.24, 2.45) is 0 Å². The number of hydrogen-bond donors (Lipinski definition) is 1. The third kappa shape index (κ3) is 3.99. The van der Waals surface area contributed by atoms with Crippen molar-refractivity contribution in [3.05, 3.63) is 59.7 Å². The van der Waals surface area contributed by atoms with Crippen molar-refractivity contribution in [2.75, 3.05) is 20.8 Å². The Labute approximate surface area is 126 Å². The van der Waals surface area contributed by atoms with Gasteiger partial charge in [0.2, 0.25) is 0 Å². The van der Waals surface area contributed by atoms with Crippen molar-refractivity contribution in [3.8, 4) is 11.5 Å². The van der Waals surface area contributed by atoms with Crippen LogP contribution in [-0.2, 0) is 6.42 Å². The molecule has 0 radical (unpaired) electrons. The van der Waals surface area contributed by atoms with Crippen LogP contribution in [0.15, 0.2) is 48.5 Å². The largest absolute Gasteiger partial charge is 0.497 e. The van der Waals surface area contributed by atoms with Crippen LogP contribution < -0.4 is 14.8 Å². The van der Waals surface area contributed by atoms with Gasteiger partial charge >= 0.3 is 0 Å². The zero-order valence-corrected chi connectivity index (χ0v) is 12.9. The maximum Gasteiger partial charge on any atom is 0.124 e. The smallest absolute Gasteiger partial charge is 0.124 e. The highest BCUT2D eigenvalue weighted by molar-refractivity contribution is 5.37. The minimum atomic E-state index is 0.223. The third-order valence-corrected chi connectivity index (χ3v) is 3.54. The molecule has 2 rings (SSSR count). The Bertz CT molecular complexity index is 551. The first-order valence-electron chi connectivity index (χ1n) is 7.30. The van der Waals surface area contributed by atoms with E-state index in [9.17, 15) is 0 Å². The first-order chi connectivity index (χ1) is 10.3. The molecule has 21 heavy (non-hydrogen) atoms. The van der Waals surface area contributed by atoms with Crippen molar-refractivity contribution in [2.45, 2.75) is 19.4 Å². The molecule has 2 aromatic rings. The summed E-state index contributed by atoms with van der Waals surface area (Å²) in [6.07, 6.45) is 0.907. The standard InChI is InChI=1S/C18H23NO2/c1-4-21-18-8-6-5-7-16(18)17(19-2)13-14-9-11-15(20-3)12-10-14/h5-12,17,19H,4,13H2,1-3H3. The molecule has 0 heterocycles. The van der Waals surface area contributed by atoms with Gasteiger partial charge in [-0.3, -0.25) is 0 Å². The number of rotatable bonds is 7. The molecule has 112 valence electrons. The first-order valence-corrected chi connectivity index (χ1v) is 7.30. The van der Waals surface area contributed by atoms with Crippen molar-refractivity contribution >= 4 is 0 Å². The molecular weight excluding hydrogens is 262 g/mol. The maximum absolute atomic E-state index is 5.73. The molecule has 1 N–H and O–H groups in total. The van der Waals surface area contributed by atoms with Gasteiger partial charge in [0.25, 0.3) is 0 Å². The van der Waals surface area contributed by atoms with E-state index in [4.69, 9.17) is 9.47 Å². The van der Waals surface area contributed by atoms with E-state index in [0.717, 1.165) is 17.9 Å². The second-order valence-electron chi connectivity index (χ2n) is 4.86. The molecule has 1 unspecified atom stereocenters. The van der Waals surface area contributed by atoms with Crippen LogP contribution in [0, 0.1) is 0 Å². The lowest BCUT2D eigenvalue weighted by molar-refractivity contribution is 0.332. The number of methoxy groups -OCH3 is 1. The summed E-state index contributed by atoms with van der Waals surface area (Å²) in [7, 11) is 3.67. The molecule has 0 aromatic heterocycles. The zero-order chi connectivity index (χ0) is 15.1. The van der Waals surface area contributed by atoms with Crippen molar-refractivity contribution < 1.29 is 9.47 Å². The van der Waals surface area contributed by atoms with E-state index in [0.29, 0.717) is 6.61 Å². The van der Waals surface area contributed by atoms with Crippen LogP contribution in [0.3, 0.4) is 0 Å². The summed E-state index contributed by atoms with van der Waals surface area (Å²) < 4.78 is 10.9. The minimum Gasteiger partial charge on any atom is -0.497 e. The van der Waals surface area contributed by atoms with Crippen LogP contribution in [0.25, 0.3) is 0 Å². The Balaban J connectivity index is 2.19. The van der Waals surface area contributed by atoms with E-state index in [1.54, 1.807) is 7.11 Å². The molecule has 3 heteroatoms. The number of para-hydroxylation sites is 1. The Morgan fingerprint density at radius 1 is 1.05 bits per heavy atom. The normalized spacial score (nSPS) is 12.0. The molecule has 2 aromatic carbocycles. The number of benzene rings is 2. The summed E-state index contributed by atoms with van der Waals surface area (Å²) in [5.74, 6) is 1.84. The van der Waals surface area contributed by atoms with Gasteiger partial charge in [0.15, 0.2) is 0 Å². The molecule has 0 spiro atoms. The predicted molar refractivity (Wildman–Crippen MR) is 86.1 cm³/mol. The summed E-state index contributed by atoms with van der Waals surface area (Å²) in [5, 5.41) is 3.38. The van der Waals surface area contributed by atoms with Crippen molar-refractivity contribution in [1.82, 2.24) is 5.32 Å². The summed E-state index contributed by atoms with van der Waals surface area (Å²) in [4.78, 5) is 0. The molecule has 3 nitrogen and oxygen atoms in total. The first kappa shape index (κ1) is 15.4. The summed E-state index contributed by atoms with van der Waals surface area (Å²) in [5.41, 5.74) is 2.46. The Morgan fingerprint density at radius 2 is 1.76 bits per heavy atom. The predicted octanol–water partition coefficient (Wildman–Crippen LogP) is 3.60. The molecule has 0 fully saturated rings. The van der Waals surface area contributed by atoms with Crippen LogP contribution in [0.1, 0.15) is 24.1 Å². The van der Waals surface area contributed by atoms with Gasteiger partial charge in [-0.1, -0.05) is 30.3 Å². The number of ether oxygens (including phenoxy) is 2. The summed E-state index contributed by atoms with van der Waals surface area (Å²) in [6, 6.07) is 16.6. The minimum absolute atomic E-state index is 0.223. The number of likely N-dealkylation sites (N-methyl/N-ethyl adjacent to an activating group) is 1. The summed E-state index contributed by atoms with van der Waals surface area (Å²) in [6.45, 7) is 2.69. The van der Waals surface area contributed by atoms with E-state index >= 15 is 0 Å². The maximum atomic E-state index is 5.73. The van der Waals surface area contributed by atoms with E-state index < -0.39 is 0 Å². The Hall–Kier alpha value is -2.00. The van der Waals surface area contributed by atoms with Gasteiger partial charge in [-0.05, 0) is 44.2 Å². The third-order valence-electron chi connectivity index (χ3n) is 3.54. The number of nitrogens with one attached hydrogen (secondary N) is 1. The SMILES string of the molecule is CCOc1ccccc1C(Cc1ccc(OC)cc1)NC. The van der Waals surface area contributed by atoms with Gasteiger partial charge in [-0.15, -0.1) is 0 Å². The van der Waals surface area contributed by atoms with Crippen molar-refractivity contribution in [1.29, 1.82) is 0 Å². The van der Waals surface area contributed by atoms with Crippen LogP contribution in [0.2, 0.25) is 0 Å². The van der Waals surface area contributed by atoms with Gasteiger partial charge in [-0.25, -0.2) is 0 Å². The molecule has 0 saturated heterocycles. The summed E-state index contributed by atoms with van der Waals surface area (Å²) >= 11 is 0. The van der Waals surface area contributed by atoms with Gasteiger partial charge in [0, 0.05) is 11.6 Å². The number of hydrogen-bond acceptors (Lipinski definition) is 3. The van der Waals surface area contributed by atoms with Crippen LogP contribution in [-0.4, -0.2) is 20.8 Å². The average molecular weight is 285 g/mol. The van der Waals surface area contributed by atoms with Gasteiger partial charge in [-0.2, -0.15) is 0 Å². The van der Waals surface area contributed by atoms with Gasteiger partial charge in [0.1, 0.15) is 11.5 Å². The Morgan fingerprint density at radius 3 is 2.38 bits per heavy atom. The fourth-order valence-corrected chi connectivity index (χ4v) is 2.42. The van der Waals surface area contributed by atoms with E-state index in [1.165, 1.54) is 11.1 Å². The van der Waals surface area contributed by atoms with E-state index in [-0.39, 0.29) is 6.04 Å². The quantitative estimate of drug-likeness (QED) is 0.843. The highest BCUT2D eigenvalue weighted by atomic mass is 16.5. The molecule has 1 atom stereocenters. The molecule has 0 bridgehead atoms. The molecule has 0 aliphatic heterocycles. The van der Waals surface area contributed by atoms with Crippen LogP contribution in [0.5, 0.6) is 11.5 Å². The zero-order valence-electron chi connectivity index (χ0n) is 12.9. The van der Waals surface area contributed by atoms with Gasteiger partial charge in [0.05, 0.1) is 13.7 Å². The molecule has 0 saturated carbocycles. The fourth-order valence-electron chi connectivity index (χ4n) is 2.42. The van der Waals surface area contributed by atoms with Crippen LogP contribution in [0.4, 0.5) is 0 Å². The molecule has 0 amide bonds. The molecular formula is C18H23NO2. The average Bonchev–Trinajstić information content (AvgIpc) is 2.54. The highest BCUT2D eigenvalue weighted by Crippen LogP contribution is 2.28. The van der Waals surface area contributed by atoms with Gasteiger partial charge < -0.3 is 14.8 Å². The lowest BCUT2D eigenvalue weighted by Gasteiger charge is -2.20. The highest BCUT2D eigenvalue weighted by Gasteiger charge is 2.14. The lowest BCUT2D eigenvalue weighted by atomic mass is 9.98. The molecule has 0 aliphatic rings. The Kier molecular flexibility index (Phi) is 5.64. The van der Waals surface area contributed by atoms with E-state index in [2.05, 4.69) is 29.6 Å². The van der Waals surface area contributed by atoms with Crippen LogP contribution >= 0.6 is 0 Å². The second kappa shape index (κ2) is 7.70. The van der Waals surface area contributed by atoms with E-state index in [1.807, 2.05) is 38.2 Å².